The fourth-order valence-electron chi connectivity index (χ4n) is 15.6. The first-order valence-corrected chi connectivity index (χ1v) is 22.4. The zero-order valence-corrected chi connectivity index (χ0v) is 35.4. The summed E-state index contributed by atoms with van der Waals surface area (Å²) in [6.07, 6.45) is 5.25. The number of hydrogen-bond acceptors (Lipinski definition) is 12. The first-order chi connectivity index (χ1) is 27.8. The number of phenols is 2. The Bertz CT molecular complexity index is 1950. The van der Waals surface area contributed by atoms with Crippen molar-refractivity contribution in [1.29, 1.82) is 0 Å². The summed E-state index contributed by atoms with van der Waals surface area (Å²) in [6.45, 7) is 11.4. The van der Waals surface area contributed by atoms with E-state index in [0.717, 1.165) is 18.5 Å². The highest BCUT2D eigenvalue weighted by atomic mass is 16.6. The number of rotatable bonds is 9. The molecule has 326 valence electrons. The number of ketones is 1. The summed E-state index contributed by atoms with van der Waals surface area (Å²) in [4.78, 5) is 15.1. The highest BCUT2D eigenvalue weighted by molar-refractivity contribution is 5.96. The molecule has 1 heterocycles. The van der Waals surface area contributed by atoms with Gasteiger partial charge in [0.25, 0.3) is 0 Å². The van der Waals surface area contributed by atoms with Gasteiger partial charge in [0.15, 0.2) is 5.78 Å². The smallest absolute Gasteiger partial charge is 0.160 e. The predicted octanol–water partition coefficient (Wildman–Crippen LogP) is 3.54. The fraction of sp³-hybridized carbons (Fsp3) is 0.766. The number of carbonyl (C=O) groups is 1. The Labute approximate surface area is 347 Å². The summed E-state index contributed by atoms with van der Waals surface area (Å²) in [6, 6.07) is 2.85. The number of fused-ring (bicyclic) bond motifs is 13. The molecule has 1 aromatic carbocycles. The second-order valence-corrected chi connectivity index (χ2v) is 20.9. The van der Waals surface area contributed by atoms with Crippen LogP contribution in [-0.2, 0) is 20.7 Å². The van der Waals surface area contributed by atoms with E-state index in [4.69, 9.17) is 9.47 Å². The van der Waals surface area contributed by atoms with E-state index >= 15 is 4.79 Å². The number of ether oxygens (including phenoxy) is 2. The van der Waals surface area contributed by atoms with Crippen molar-refractivity contribution in [3.05, 3.63) is 46.6 Å². The van der Waals surface area contributed by atoms with Crippen molar-refractivity contribution < 1.29 is 55.1 Å². The highest BCUT2D eigenvalue weighted by Gasteiger charge is 2.82. The van der Waals surface area contributed by atoms with Crippen LogP contribution in [0.4, 0.5) is 0 Å². The van der Waals surface area contributed by atoms with Gasteiger partial charge in [-0.05, 0) is 109 Å². The molecule has 0 radical (unpaired) electrons. The van der Waals surface area contributed by atoms with Crippen LogP contribution in [0.5, 0.6) is 11.5 Å². The zero-order chi connectivity index (χ0) is 42.3. The van der Waals surface area contributed by atoms with Crippen LogP contribution < -0.4 is 5.32 Å². The van der Waals surface area contributed by atoms with Crippen LogP contribution in [0, 0.1) is 45.8 Å². The molecule has 12 nitrogen and oxygen atoms in total. The average molecular weight is 822 g/mol. The van der Waals surface area contributed by atoms with Gasteiger partial charge < -0.3 is 55.6 Å². The summed E-state index contributed by atoms with van der Waals surface area (Å²) in [5.41, 5.74) is -5.63. The van der Waals surface area contributed by atoms with Crippen molar-refractivity contribution in [3.63, 3.8) is 0 Å². The van der Waals surface area contributed by atoms with E-state index in [-0.39, 0.29) is 79.5 Å². The molecule has 1 aliphatic heterocycles. The Morgan fingerprint density at radius 3 is 2.42 bits per heavy atom. The lowest BCUT2D eigenvalue weighted by atomic mass is 9.41. The van der Waals surface area contributed by atoms with Gasteiger partial charge in [-0.2, -0.15) is 0 Å². The first-order valence-electron chi connectivity index (χ1n) is 22.4. The van der Waals surface area contributed by atoms with Crippen LogP contribution in [0.2, 0.25) is 0 Å². The number of benzene rings is 1. The van der Waals surface area contributed by atoms with Crippen LogP contribution >= 0.6 is 0 Å². The van der Waals surface area contributed by atoms with Crippen molar-refractivity contribution in [3.8, 4) is 11.5 Å². The third-order valence-electron chi connectivity index (χ3n) is 18.5. The van der Waals surface area contributed by atoms with Gasteiger partial charge in [0.1, 0.15) is 22.7 Å². The predicted molar refractivity (Wildman–Crippen MR) is 217 cm³/mol. The molecule has 10 rings (SSSR count). The SMILES string of the molecule is CCNCC1=C[C@@]2(C)CC[C@@H]1[C@]1(O[C@H]3C[C@@]4(O)C5=CC(=O)[C@@H]6[C@@H]7c8cc(O)cc(O)c8CC[C@]7(O)[C@@H](OCCCO)C[C@]6(C)[C@H]5CC[C@]4(C)[C@H]3[C@]1(O)CCO)[C@@H](O)[C@H]2C. The van der Waals surface area contributed by atoms with Crippen LogP contribution in [0.1, 0.15) is 109 Å². The van der Waals surface area contributed by atoms with Crippen molar-refractivity contribution in [2.45, 2.75) is 145 Å². The molecule has 12 heteroatoms. The van der Waals surface area contributed by atoms with Crippen LogP contribution in [0.15, 0.2) is 35.4 Å². The lowest BCUT2D eigenvalue weighted by Crippen LogP contribution is -2.70. The number of hydrogen-bond donors (Lipinski definition) is 9. The van der Waals surface area contributed by atoms with Gasteiger partial charge in [-0.3, -0.25) is 4.79 Å². The van der Waals surface area contributed by atoms with E-state index in [1.54, 1.807) is 12.1 Å². The molecule has 16 atom stereocenters. The minimum Gasteiger partial charge on any atom is -0.508 e. The second kappa shape index (κ2) is 13.8. The summed E-state index contributed by atoms with van der Waals surface area (Å²) in [7, 11) is 0. The van der Waals surface area contributed by atoms with E-state index in [2.05, 4.69) is 32.2 Å². The van der Waals surface area contributed by atoms with Crippen LogP contribution in [0.25, 0.3) is 0 Å². The fourth-order valence-corrected chi connectivity index (χ4v) is 15.6. The summed E-state index contributed by atoms with van der Waals surface area (Å²) < 4.78 is 13.8. The number of aliphatic hydroxyl groups excluding tert-OH is 3. The number of aromatic hydroxyl groups is 2. The third kappa shape index (κ3) is 5.24. The van der Waals surface area contributed by atoms with Gasteiger partial charge in [0.05, 0.1) is 29.5 Å². The van der Waals surface area contributed by atoms with Crippen molar-refractivity contribution in [1.82, 2.24) is 5.32 Å². The van der Waals surface area contributed by atoms with Gasteiger partial charge in [0.2, 0.25) is 0 Å². The Hall–Kier alpha value is -2.39. The number of phenolic OH excluding ortho intramolecular Hbond substituents is 2. The maximum absolute atomic E-state index is 15.1. The van der Waals surface area contributed by atoms with E-state index in [0.29, 0.717) is 61.8 Å². The molecular weight excluding hydrogens is 755 g/mol. The van der Waals surface area contributed by atoms with E-state index in [1.807, 2.05) is 13.8 Å². The van der Waals surface area contributed by atoms with Gasteiger partial charge in [-0.1, -0.05) is 46.3 Å². The zero-order valence-electron chi connectivity index (χ0n) is 35.4. The number of carbonyl (C=O) groups excluding carboxylic acids is 1. The lowest BCUT2D eigenvalue weighted by Gasteiger charge is -2.65. The third-order valence-corrected chi connectivity index (χ3v) is 18.5. The number of allylic oxidation sites excluding steroid dienone is 2. The molecule has 0 amide bonds. The van der Waals surface area contributed by atoms with Gasteiger partial charge in [0, 0.05) is 74.4 Å². The molecule has 1 spiro atoms. The molecule has 9 N–H and O–H groups in total. The first kappa shape index (κ1) is 41.9. The topological polar surface area (TPSA) is 209 Å². The maximum Gasteiger partial charge on any atom is 0.160 e. The minimum atomic E-state index is -1.73. The molecule has 5 fully saturated rings. The summed E-state index contributed by atoms with van der Waals surface area (Å²) in [5, 5.41) is 98.3. The number of aliphatic hydroxyl groups is 6. The summed E-state index contributed by atoms with van der Waals surface area (Å²) >= 11 is 0. The highest BCUT2D eigenvalue weighted by Crippen LogP contribution is 2.76. The molecule has 0 unspecified atom stereocenters. The van der Waals surface area contributed by atoms with E-state index in [1.165, 1.54) is 6.07 Å². The largest absolute Gasteiger partial charge is 0.508 e. The van der Waals surface area contributed by atoms with E-state index in [9.17, 15) is 40.9 Å². The Morgan fingerprint density at radius 2 is 1.71 bits per heavy atom. The average Bonchev–Trinajstić information content (AvgIpc) is 3.52. The molecule has 2 bridgehead atoms. The van der Waals surface area contributed by atoms with Crippen molar-refractivity contribution in [2.24, 2.45) is 45.8 Å². The Morgan fingerprint density at radius 1 is 0.966 bits per heavy atom. The molecule has 1 saturated heterocycles. The molecule has 9 aliphatic rings. The van der Waals surface area contributed by atoms with Crippen LogP contribution in [0.3, 0.4) is 0 Å². The lowest BCUT2D eigenvalue weighted by molar-refractivity contribution is -0.247. The van der Waals surface area contributed by atoms with Gasteiger partial charge in [-0.15, -0.1) is 0 Å². The quantitative estimate of drug-likeness (QED) is 0.130. The van der Waals surface area contributed by atoms with Crippen molar-refractivity contribution >= 4 is 5.78 Å². The number of nitrogens with one attached hydrogen (secondary N) is 1. The molecule has 4 saturated carbocycles. The minimum absolute atomic E-state index is 0.0429. The van der Waals surface area contributed by atoms with Gasteiger partial charge in [-0.25, -0.2) is 0 Å². The second-order valence-electron chi connectivity index (χ2n) is 20.9. The molecule has 8 aliphatic carbocycles. The standard InChI is InChI=1S/C47H67NO11/c1-6-48-24-26-21-41(3)11-9-30(26)47(40(54)25(41)2)45(56,14-16-50)39-35(59-47)22-46(57)32-20-34(53)38-37-29-18-27(51)19-33(52)28(29)8-13-44(37,55)36(58-17-7-15-49)23-42(38,4)31(32)10-12-43(39,46)5/h18-21,25,30-31,35-40,48-52,54-57H,6-17,22-24H2,1-5H3/t25-,30+,31+,35+,36+,37+,38-,39+,40+,41-,42-,43-,44+,45-,46-,47+/m1/s1. The summed E-state index contributed by atoms with van der Waals surface area (Å²) in [5.74, 6) is -3.68. The molecular formula is C47H67NO11. The van der Waals surface area contributed by atoms with Crippen LogP contribution in [-0.4, -0.2) is 120 Å². The molecule has 59 heavy (non-hydrogen) atoms. The molecule has 1 aromatic rings. The maximum atomic E-state index is 15.1. The monoisotopic (exact) mass is 821 g/mol. The van der Waals surface area contributed by atoms with Crippen molar-refractivity contribution in [2.75, 3.05) is 32.9 Å². The number of likely N-dealkylation sites (N-methyl/N-ethyl adjacent to an activating group) is 1. The van der Waals surface area contributed by atoms with Gasteiger partial charge >= 0.3 is 0 Å². The Kier molecular flexibility index (Phi) is 9.81. The Balaban J connectivity index is 1.15. The normalized spacial score (nSPS) is 49.3. The van der Waals surface area contributed by atoms with E-state index < -0.39 is 69.3 Å². The molecule has 0 aromatic heterocycles.